The van der Waals surface area contributed by atoms with E-state index in [1.165, 1.54) is 12.8 Å². The lowest BCUT2D eigenvalue weighted by Crippen LogP contribution is -2.58. The van der Waals surface area contributed by atoms with Crippen LogP contribution in [0.4, 0.5) is 0 Å². The SMILES string of the molecule is CN1CCN(C(=O)C2CCC(=O)c3cc(Cl)ccc32)C(CN2CCCC2)C1.Cl.Cl. The van der Waals surface area contributed by atoms with Gasteiger partial charge in [0.15, 0.2) is 5.78 Å². The van der Waals surface area contributed by atoms with Crippen LogP contribution in [0.2, 0.25) is 5.02 Å². The summed E-state index contributed by atoms with van der Waals surface area (Å²) in [5.74, 6) is 0.0614. The van der Waals surface area contributed by atoms with Crippen molar-refractivity contribution in [2.75, 3.05) is 46.3 Å². The molecular formula is C21H30Cl3N3O2. The quantitative estimate of drug-likeness (QED) is 0.690. The van der Waals surface area contributed by atoms with E-state index < -0.39 is 0 Å². The van der Waals surface area contributed by atoms with Crippen LogP contribution in [-0.4, -0.2) is 78.7 Å². The Kier molecular flexibility index (Phi) is 8.80. The smallest absolute Gasteiger partial charge is 0.230 e. The first kappa shape index (κ1) is 24.4. The standard InChI is InChI=1S/C21H28ClN3O2.2ClH/c1-23-10-11-25(16(13-23)14-24-8-2-3-9-24)21(27)18-6-7-20(26)19-12-15(22)4-5-17(18)19;;/h4-5,12,16,18H,2-3,6-11,13-14H2,1H3;2*1H. The number of amides is 1. The number of Topliss-reactive ketones (excluding diaryl/α,β-unsaturated/α-hetero) is 1. The Morgan fingerprint density at radius 1 is 1.14 bits per heavy atom. The first-order chi connectivity index (χ1) is 13.0. The van der Waals surface area contributed by atoms with Crippen LogP contribution < -0.4 is 0 Å². The molecule has 2 unspecified atom stereocenters. The van der Waals surface area contributed by atoms with E-state index in [0.29, 0.717) is 23.4 Å². The number of likely N-dealkylation sites (N-methyl/N-ethyl adjacent to an activating group) is 1. The molecule has 0 N–H and O–H groups in total. The summed E-state index contributed by atoms with van der Waals surface area (Å²) >= 11 is 6.09. The highest BCUT2D eigenvalue weighted by atomic mass is 35.5. The third-order valence-electron chi connectivity index (χ3n) is 6.29. The maximum atomic E-state index is 13.5. The van der Waals surface area contributed by atoms with Crippen LogP contribution in [0, 0.1) is 0 Å². The minimum Gasteiger partial charge on any atom is -0.335 e. The van der Waals surface area contributed by atoms with Gasteiger partial charge < -0.3 is 14.7 Å². The lowest BCUT2D eigenvalue weighted by Gasteiger charge is -2.43. The maximum Gasteiger partial charge on any atom is 0.230 e. The molecule has 1 aliphatic carbocycles. The molecule has 162 valence electrons. The molecule has 0 aromatic heterocycles. The second-order valence-corrected chi connectivity index (χ2v) is 8.64. The van der Waals surface area contributed by atoms with Crippen molar-refractivity contribution in [3.05, 3.63) is 34.3 Å². The Balaban J connectivity index is 0.00000150. The monoisotopic (exact) mass is 461 g/mol. The summed E-state index contributed by atoms with van der Waals surface area (Å²) < 4.78 is 0. The number of hydrogen-bond donors (Lipinski definition) is 0. The van der Waals surface area contributed by atoms with Crippen molar-refractivity contribution in [1.29, 1.82) is 0 Å². The third-order valence-corrected chi connectivity index (χ3v) is 6.52. The molecule has 29 heavy (non-hydrogen) atoms. The van der Waals surface area contributed by atoms with Gasteiger partial charge in [0, 0.05) is 43.2 Å². The Morgan fingerprint density at radius 2 is 1.86 bits per heavy atom. The Labute approximate surface area is 190 Å². The highest BCUT2D eigenvalue weighted by molar-refractivity contribution is 6.31. The van der Waals surface area contributed by atoms with Crippen LogP contribution in [0.5, 0.6) is 0 Å². The second kappa shape index (κ2) is 10.5. The Bertz CT molecular complexity index is 740. The van der Waals surface area contributed by atoms with E-state index in [-0.39, 0.29) is 48.5 Å². The lowest BCUT2D eigenvalue weighted by atomic mass is 9.81. The predicted octanol–water partition coefficient (Wildman–Crippen LogP) is 3.48. The molecule has 2 aliphatic heterocycles. The van der Waals surface area contributed by atoms with Crippen LogP contribution >= 0.6 is 36.4 Å². The van der Waals surface area contributed by atoms with E-state index in [4.69, 9.17) is 11.6 Å². The summed E-state index contributed by atoms with van der Waals surface area (Å²) in [6, 6.07) is 5.63. The molecule has 2 saturated heterocycles. The molecule has 1 amide bonds. The Morgan fingerprint density at radius 3 is 2.59 bits per heavy atom. The van der Waals surface area contributed by atoms with Crippen molar-refractivity contribution in [2.24, 2.45) is 0 Å². The highest BCUT2D eigenvalue weighted by Crippen LogP contribution is 2.35. The van der Waals surface area contributed by atoms with Gasteiger partial charge in [0.25, 0.3) is 0 Å². The van der Waals surface area contributed by atoms with Gasteiger partial charge in [-0.3, -0.25) is 9.59 Å². The number of rotatable bonds is 3. The number of likely N-dealkylation sites (tertiary alicyclic amines) is 1. The third kappa shape index (κ3) is 5.26. The van der Waals surface area contributed by atoms with Crippen molar-refractivity contribution >= 4 is 48.1 Å². The van der Waals surface area contributed by atoms with Gasteiger partial charge in [-0.25, -0.2) is 0 Å². The number of ketones is 1. The normalized spacial score (nSPS) is 25.2. The summed E-state index contributed by atoms with van der Waals surface area (Å²) in [6.45, 7) is 5.82. The molecule has 3 aliphatic rings. The molecule has 1 aromatic rings. The van der Waals surface area contributed by atoms with Gasteiger partial charge in [0.2, 0.25) is 5.91 Å². The van der Waals surface area contributed by atoms with E-state index >= 15 is 0 Å². The van der Waals surface area contributed by atoms with Crippen LogP contribution in [0.3, 0.4) is 0 Å². The first-order valence-electron chi connectivity index (χ1n) is 10.1. The molecule has 2 heterocycles. The lowest BCUT2D eigenvalue weighted by molar-refractivity contribution is -0.138. The second-order valence-electron chi connectivity index (χ2n) is 8.20. The van der Waals surface area contributed by atoms with E-state index in [0.717, 1.165) is 44.8 Å². The van der Waals surface area contributed by atoms with Gasteiger partial charge >= 0.3 is 0 Å². The topological polar surface area (TPSA) is 43.9 Å². The van der Waals surface area contributed by atoms with Crippen LogP contribution in [-0.2, 0) is 4.79 Å². The molecule has 5 nitrogen and oxygen atoms in total. The number of hydrogen-bond acceptors (Lipinski definition) is 4. The molecule has 4 rings (SSSR count). The van der Waals surface area contributed by atoms with E-state index in [1.807, 2.05) is 6.07 Å². The molecule has 8 heteroatoms. The van der Waals surface area contributed by atoms with Gasteiger partial charge in [-0.2, -0.15) is 0 Å². The zero-order chi connectivity index (χ0) is 19.0. The van der Waals surface area contributed by atoms with E-state index in [9.17, 15) is 9.59 Å². The number of carbonyl (C=O) groups excluding carboxylic acids is 2. The fraction of sp³-hybridized carbons (Fsp3) is 0.619. The van der Waals surface area contributed by atoms with Gasteiger partial charge in [0.05, 0.1) is 12.0 Å². The summed E-state index contributed by atoms with van der Waals surface area (Å²) in [6.07, 6.45) is 3.55. The van der Waals surface area contributed by atoms with Crippen molar-refractivity contribution in [2.45, 2.75) is 37.6 Å². The minimum atomic E-state index is -0.223. The minimum absolute atomic E-state index is 0. The van der Waals surface area contributed by atoms with Crippen LogP contribution in [0.15, 0.2) is 18.2 Å². The number of carbonyl (C=O) groups is 2. The molecule has 0 bridgehead atoms. The molecule has 0 saturated carbocycles. The largest absolute Gasteiger partial charge is 0.335 e. The fourth-order valence-electron chi connectivity index (χ4n) is 4.82. The fourth-order valence-corrected chi connectivity index (χ4v) is 4.99. The molecule has 0 radical (unpaired) electrons. The van der Waals surface area contributed by atoms with Crippen molar-refractivity contribution in [3.8, 4) is 0 Å². The van der Waals surface area contributed by atoms with Gasteiger partial charge in [-0.05, 0) is 57.1 Å². The number of piperazine rings is 1. The average Bonchev–Trinajstić information content (AvgIpc) is 3.15. The summed E-state index contributed by atoms with van der Waals surface area (Å²) in [4.78, 5) is 32.8. The first-order valence-corrected chi connectivity index (χ1v) is 10.4. The van der Waals surface area contributed by atoms with Gasteiger partial charge in [-0.15, -0.1) is 24.8 Å². The van der Waals surface area contributed by atoms with Gasteiger partial charge in [-0.1, -0.05) is 17.7 Å². The van der Waals surface area contributed by atoms with E-state index in [2.05, 4.69) is 21.7 Å². The van der Waals surface area contributed by atoms with Crippen LogP contribution in [0.1, 0.15) is 47.5 Å². The van der Waals surface area contributed by atoms with Gasteiger partial charge in [0.1, 0.15) is 0 Å². The molecular weight excluding hydrogens is 433 g/mol. The molecule has 2 atom stereocenters. The number of halogens is 3. The number of benzene rings is 1. The molecule has 1 aromatic carbocycles. The van der Waals surface area contributed by atoms with Crippen LogP contribution in [0.25, 0.3) is 0 Å². The predicted molar refractivity (Wildman–Crippen MR) is 121 cm³/mol. The van der Waals surface area contributed by atoms with Crippen molar-refractivity contribution in [1.82, 2.24) is 14.7 Å². The summed E-state index contributed by atoms with van der Waals surface area (Å²) in [7, 11) is 2.13. The van der Waals surface area contributed by atoms with Crippen molar-refractivity contribution < 1.29 is 9.59 Å². The summed E-state index contributed by atoms with van der Waals surface area (Å²) in [5, 5.41) is 0.557. The Hall–Kier alpha value is -0.850. The zero-order valence-corrected chi connectivity index (χ0v) is 19.2. The highest BCUT2D eigenvalue weighted by Gasteiger charge is 2.38. The molecule has 2 fully saturated rings. The average molecular weight is 463 g/mol. The zero-order valence-electron chi connectivity index (χ0n) is 16.8. The van der Waals surface area contributed by atoms with Crippen molar-refractivity contribution in [3.63, 3.8) is 0 Å². The number of fused-ring (bicyclic) bond motifs is 1. The molecule has 0 spiro atoms. The number of nitrogens with zero attached hydrogens (tertiary/aromatic N) is 3. The van der Waals surface area contributed by atoms with E-state index in [1.54, 1.807) is 12.1 Å². The maximum absolute atomic E-state index is 13.5. The summed E-state index contributed by atoms with van der Waals surface area (Å²) in [5.41, 5.74) is 1.50.